The summed E-state index contributed by atoms with van der Waals surface area (Å²) in [5, 5.41) is 20.5. The maximum absolute atomic E-state index is 11.0. The van der Waals surface area contributed by atoms with E-state index < -0.39 is 5.97 Å². The molecule has 2 heterocycles. The van der Waals surface area contributed by atoms with Gasteiger partial charge in [0.2, 0.25) is 5.95 Å². The molecule has 0 radical (unpaired) electrons. The third-order valence-electron chi connectivity index (χ3n) is 3.35. The molecule has 1 aliphatic heterocycles. The average molecular weight is 259 g/mol. The highest BCUT2D eigenvalue weighted by atomic mass is 16.4. The highest BCUT2D eigenvalue weighted by Crippen LogP contribution is 2.23. The molecular weight excluding hydrogens is 246 g/mol. The fraction of sp³-hybridized carbons (Fsp3) is 0.333. The molecule has 0 bridgehead atoms. The van der Waals surface area contributed by atoms with Gasteiger partial charge in [-0.2, -0.15) is 0 Å². The second-order valence-electron chi connectivity index (χ2n) is 4.56. The number of anilines is 1. The van der Waals surface area contributed by atoms with Crippen LogP contribution in [0.3, 0.4) is 0 Å². The first-order chi connectivity index (χ1) is 9.15. The van der Waals surface area contributed by atoms with Crippen molar-refractivity contribution in [3.8, 4) is 0 Å². The van der Waals surface area contributed by atoms with E-state index in [0.29, 0.717) is 18.1 Å². The van der Waals surface area contributed by atoms with E-state index in [1.54, 1.807) is 23.9 Å². The molecule has 7 nitrogen and oxygen atoms in total. The second-order valence-corrected chi connectivity index (χ2v) is 4.56. The molecule has 0 aliphatic carbocycles. The number of carboxylic acid groups (broad SMARTS) is 1. The van der Waals surface area contributed by atoms with Crippen molar-refractivity contribution < 1.29 is 9.90 Å². The monoisotopic (exact) mass is 259 g/mol. The number of aryl methyl sites for hydroxylation is 1. The van der Waals surface area contributed by atoms with Gasteiger partial charge in [-0.25, -0.2) is 9.48 Å². The number of carboxylic acids is 1. The van der Waals surface area contributed by atoms with Crippen LogP contribution in [0.5, 0.6) is 0 Å². The summed E-state index contributed by atoms with van der Waals surface area (Å²) in [6, 6.07) is 5.28. The van der Waals surface area contributed by atoms with Gasteiger partial charge in [0.15, 0.2) is 0 Å². The van der Waals surface area contributed by atoms with Crippen LogP contribution in [0.25, 0.3) is 0 Å². The van der Waals surface area contributed by atoms with Gasteiger partial charge in [0.05, 0.1) is 5.56 Å². The molecule has 0 saturated carbocycles. The molecule has 3 rings (SSSR count). The van der Waals surface area contributed by atoms with E-state index in [1.165, 1.54) is 5.56 Å². The van der Waals surface area contributed by atoms with Gasteiger partial charge < -0.3 is 10.0 Å². The Labute approximate surface area is 109 Å². The molecule has 19 heavy (non-hydrogen) atoms. The number of nitrogens with zero attached hydrogens (tertiary/aromatic N) is 5. The Bertz CT molecular complexity index is 637. The molecular formula is C12H13N5O2. The predicted molar refractivity (Wildman–Crippen MR) is 67.0 cm³/mol. The Balaban J connectivity index is 1.92. The zero-order valence-corrected chi connectivity index (χ0v) is 10.4. The van der Waals surface area contributed by atoms with Crippen LogP contribution in [0, 0.1) is 0 Å². The first-order valence-electron chi connectivity index (χ1n) is 5.97. The zero-order valence-electron chi connectivity index (χ0n) is 10.4. The van der Waals surface area contributed by atoms with Gasteiger partial charge in [-0.05, 0) is 40.1 Å². The largest absolute Gasteiger partial charge is 0.478 e. The number of hydrogen-bond acceptors (Lipinski definition) is 5. The standard InChI is InChI=1S/C12H13N5O2/c1-16-12(13-14-15-16)17-5-4-8-2-3-9(11(18)19)6-10(8)7-17/h2-3,6H,4-5,7H2,1H3,(H,18,19). The molecule has 0 amide bonds. The lowest BCUT2D eigenvalue weighted by molar-refractivity contribution is 0.0696. The van der Waals surface area contributed by atoms with Crippen molar-refractivity contribution in [2.75, 3.05) is 11.4 Å². The van der Waals surface area contributed by atoms with Crippen LogP contribution in [-0.2, 0) is 20.0 Å². The van der Waals surface area contributed by atoms with Gasteiger partial charge in [0.25, 0.3) is 0 Å². The molecule has 1 aliphatic rings. The number of fused-ring (bicyclic) bond motifs is 1. The summed E-state index contributed by atoms with van der Waals surface area (Å²) in [6.45, 7) is 1.46. The average Bonchev–Trinajstić information content (AvgIpc) is 2.83. The van der Waals surface area contributed by atoms with E-state index in [0.717, 1.165) is 18.5 Å². The first-order valence-corrected chi connectivity index (χ1v) is 5.97. The zero-order chi connectivity index (χ0) is 13.4. The minimum absolute atomic E-state index is 0.316. The highest BCUT2D eigenvalue weighted by molar-refractivity contribution is 5.88. The van der Waals surface area contributed by atoms with Crippen molar-refractivity contribution in [1.29, 1.82) is 0 Å². The molecule has 1 N–H and O–H groups in total. The van der Waals surface area contributed by atoms with Crippen LogP contribution in [0.1, 0.15) is 21.5 Å². The van der Waals surface area contributed by atoms with Crippen LogP contribution in [0.4, 0.5) is 5.95 Å². The Kier molecular flexibility index (Phi) is 2.66. The normalized spacial score (nSPS) is 14.3. The van der Waals surface area contributed by atoms with Gasteiger partial charge in [-0.1, -0.05) is 11.2 Å². The van der Waals surface area contributed by atoms with E-state index in [-0.39, 0.29) is 0 Å². The number of benzene rings is 1. The summed E-state index contributed by atoms with van der Waals surface area (Å²) in [5.74, 6) is -0.202. The molecule has 7 heteroatoms. The Hall–Kier alpha value is -2.44. The molecule has 0 unspecified atom stereocenters. The molecule has 2 aromatic rings. The highest BCUT2D eigenvalue weighted by Gasteiger charge is 2.21. The van der Waals surface area contributed by atoms with E-state index in [9.17, 15) is 4.79 Å². The van der Waals surface area contributed by atoms with Gasteiger partial charge in [0.1, 0.15) is 0 Å². The molecule has 0 spiro atoms. The number of rotatable bonds is 2. The lowest BCUT2D eigenvalue weighted by Crippen LogP contribution is -2.32. The molecule has 0 saturated heterocycles. The summed E-state index contributed by atoms with van der Waals surface area (Å²) < 4.78 is 1.62. The number of carbonyl (C=O) groups is 1. The Morgan fingerprint density at radius 2 is 2.21 bits per heavy atom. The van der Waals surface area contributed by atoms with Crippen molar-refractivity contribution in [2.24, 2.45) is 7.05 Å². The van der Waals surface area contributed by atoms with Crippen LogP contribution < -0.4 is 4.90 Å². The lowest BCUT2D eigenvalue weighted by Gasteiger charge is -2.28. The van der Waals surface area contributed by atoms with E-state index in [2.05, 4.69) is 15.5 Å². The molecule has 0 atom stereocenters. The van der Waals surface area contributed by atoms with Crippen molar-refractivity contribution in [1.82, 2.24) is 20.2 Å². The topological polar surface area (TPSA) is 84.1 Å². The minimum atomic E-state index is -0.903. The lowest BCUT2D eigenvalue weighted by atomic mass is 9.97. The van der Waals surface area contributed by atoms with Crippen molar-refractivity contribution in [3.05, 3.63) is 34.9 Å². The fourth-order valence-corrected chi connectivity index (χ4v) is 2.35. The molecule has 0 fully saturated rings. The van der Waals surface area contributed by atoms with Gasteiger partial charge >= 0.3 is 5.97 Å². The Morgan fingerprint density at radius 1 is 1.37 bits per heavy atom. The van der Waals surface area contributed by atoms with Crippen molar-refractivity contribution >= 4 is 11.9 Å². The maximum atomic E-state index is 11.0. The quantitative estimate of drug-likeness (QED) is 0.844. The number of tetrazole rings is 1. The fourth-order valence-electron chi connectivity index (χ4n) is 2.35. The van der Waals surface area contributed by atoms with Crippen LogP contribution in [0.2, 0.25) is 0 Å². The summed E-state index contributed by atoms with van der Waals surface area (Å²) in [6.07, 6.45) is 0.863. The number of hydrogen-bond donors (Lipinski definition) is 1. The molecule has 98 valence electrons. The number of aromatic nitrogens is 4. The third kappa shape index (κ3) is 2.03. The second kappa shape index (κ2) is 4.34. The van der Waals surface area contributed by atoms with Crippen LogP contribution in [-0.4, -0.2) is 37.8 Å². The molecule has 1 aromatic carbocycles. The SMILES string of the molecule is Cn1nnnc1N1CCc2ccc(C(=O)O)cc2C1. The van der Waals surface area contributed by atoms with Crippen molar-refractivity contribution in [3.63, 3.8) is 0 Å². The smallest absolute Gasteiger partial charge is 0.335 e. The number of aromatic carboxylic acids is 1. The predicted octanol–water partition coefficient (Wildman–Crippen LogP) is 0.471. The summed E-state index contributed by atoms with van der Waals surface area (Å²) in [7, 11) is 1.79. The van der Waals surface area contributed by atoms with Gasteiger partial charge in [-0.3, -0.25) is 0 Å². The summed E-state index contributed by atoms with van der Waals surface area (Å²) in [5.41, 5.74) is 2.53. The van der Waals surface area contributed by atoms with Gasteiger partial charge in [-0.15, -0.1) is 0 Å². The van der Waals surface area contributed by atoms with Crippen LogP contribution in [0.15, 0.2) is 18.2 Å². The maximum Gasteiger partial charge on any atom is 0.335 e. The summed E-state index contributed by atoms with van der Waals surface area (Å²) >= 11 is 0. The van der Waals surface area contributed by atoms with E-state index >= 15 is 0 Å². The van der Waals surface area contributed by atoms with Crippen LogP contribution >= 0.6 is 0 Å². The minimum Gasteiger partial charge on any atom is -0.478 e. The Morgan fingerprint density at radius 3 is 2.89 bits per heavy atom. The van der Waals surface area contributed by atoms with Gasteiger partial charge in [0, 0.05) is 20.1 Å². The molecule has 1 aromatic heterocycles. The van der Waals surface area contributed by atoms with Crippen molar-refractivity contribution in [2.45, 2.75) is 13.0 Å². The third-order valence-corrected chi connectivity index (χ3v) is 3.35. The van der Waals surface area contributed by atoms with E-state index in [1.807, 2.05) is 11.0 Å². The first kappa shape index (κ1) is 11.6. The summed E-state index contributed by atoms with van der Waals surface area (Å²) in [4.78, 5) is 13.1. The van der Waals surface area contributed by atoms with E-state index in [4.69, 9.17) is 5.11 Å².